The van der Waals surface area contributed by atoms with E-state index in [0.29, 0.717) is 25.0 Å². The van der Waals surface area contributed by atoms with Gasteiger partial charge in [0.15, 0.2) is 0 Å². The van der Waals surface area contributed by atoms with Crippen LogP contribution in [0.15, 0.2) is 36.7 Å². The first-order valence-corrected chi connectivity index (χ1v) is 13.4. The zero-order chi connectivity index (χ0) is 27.6. The average molecular weight is 543 g/mol. The number of fused-ring (bicyclic) bond motifs is 2. The Kier molecular flexibility index (Phi) is 10.3. The van der Waals surface area contributed by atoms with Gasteiger partial charge in [0, 0.05) is 37.8 Å². The van der Waals surface area contributed by atoms with Crippen LogP contribution in [0.4, 0.5) is 20.4 Å². The fraction of sp³-hybridized carbons (Fsp3) is 0.500. The number of pyridine rings is 1. The average Bonchev–Trinajstić information content (AvgIpc) is 2.95. The molecule has 0 amide bonds. The SMILES string of the molecule is CO[C@H](CF)CN(CCCCc1ccc2c(n1)NCCC2)CC[C@H](Nc1ncnc2c(F)cccc12)C(=O)O. The van der Waals surface area contributed by atoms with Crippen LogP contribution in [0.3, 0.4) is 0 Å². The van der Waals surface area contributed by atoms with Crippen molar-refractivity contribution in [1.29, 1.82) is 0 Å². The van der Waals surface area contributed by atoms with Crippen molar-refractivity contribution in [3.8, 4) is 0 Å². The molecule has 0 unspecified atom stereocenters. The third-order valence-corrected chi connectivity index (χ3v) is 7.03. The van der Waals surface area contributed by atoms with E-state index in [1.807, 2.05) is 4.90 Å². The van der Waals surface area contributed by atoms with Crippen molar-refractivity contribution in [2.75, 3.05) is 50.6 Å². The van der Waals surface area contributed by atoms with Crippen LogP contribution in [0.25, 0.3) is 10.9 Å². The van der Waals surface area contributed by atoms with Gasteiger partial charge in [-0.15, -0.1) is 0 Å². The molecule has 4 rings (SSSR count). The number of ether oxygens (including phenoxy) is 1. The predicted octanol–water partition coefficient (Wildman–Crippen LogP) is 4.09. The molecular formula is C28H36F2N6O3. The van der Waals surface area contributed by atoms with Crippen LogP contribution < -0.4 is 10.6 Å². The summed E-state index contributed by atoms with van der Waals surface area (Å²) in [5.41, 5.74) is 2.42. The Hall–Kier alpha value is -3.44. The number of aromatic nitrogens is 3. The number of benzene rings is 1. The lowest BCUT2D eigenvalue weighted by Crippen LogP contribution is -2.39. The summed E-state index contributed by atoms with van der Waals surface area (Å²) in [5, 5.41) is 16.6. The second-order valence-electron chi connectivity index (χ2n) is 9.79. The molecule has 2 atom stereocenters. The number of aliphatic carboxylic acids is 1. The molecule has 1 aliphatic heterocycles. The van der Waals surface area contributed by atoms with Gasteiger partial charge in [-0.2, -0.15) is 0 Å². The number of nitrogens with one attached hydrogen (secondary N) is 2. The highest BCUT2D eigenvalue weighted by Crippen LogP contribution is 2.23. The second kappa shape index (κ2) is 14.1. The van der Waals surface area contributed by atoms with Gasteiger partial charge in [-0.1, -0.05) is 12.1 Å². The van der Waals surface area contributed by atoms with Gasteiger partial charge < -0.3 is 25.4 Å². The second-order valence-corrected chi connectivity index (χ2v) is 9.79. The van der Waals surface area contributed by atoms with Gasteiger partial charge in [-0.25, -0.2) is 28.5 Å². The summed E-state index contributed by atoms with van der Waals surface area (Å²) in [7, 11) is 1.47. The number of anilines is 2. The maximum atomic E-state index is 14.1. The summed E-state index contributed by atoms with van der Waals surface area (Å²) in [5.74, 6) is -0.324. The smallest absolute Gasteiger partial charge is 0.326 e. The maximum absolute atomic E-state index is 14.1. The number of para-hydroxylation sites is 1. The predicted molar refractivity (Wildman–Crippen MR) is 146 cm³/mol. The van der Waals surface area contributed by atoms with E-state index >= 15 is 0 Å². The Morgan fingerprint density at radius 3 is 2.90 bits per heavy atom. The summed E-state index contributed by atoms with van der Waals surface area (Å²) in [6.45, 7) is 1.74. The number of hydrogen-bond acceptors (Lipinski definition) is 8. The lowest BCUT2D eigenvalue weighted by molar-refractivity contribution is -0.138. The van der Waals surface area contributed by atoms with Crippen LogP contribution in [0, 0.1) is 5.82 Å². The number of halogens is 2. The fourth-order valence-electron chi connectivity index (χ4n) is 4.82. The minimum atomic E-state index is -1.06. The number of carboxylic acid groups (broad SMARTS) is 1. The lowest BCUT2D eigenvalue weighted by atomic mass is 10.1. The minimum Gasteiger partial charge on any atom is -0.480 e. The number of unbranched alkanes of at least 4 members (excludes halogenated alkanes) is 1. The van der Waals surface area contributed by atoms with Gasteiger partial charge in [-0.05, 0) is 68.8 Å². The number of aryl methyl sites for hydroxylation is 2. The molecule has 9 nitrogen and oxygen atoms in total. The number of alkyl halides is 1. The molecule has 0 saturated heterocycles. The topological polar surface area (TPSA) is 113 Å². The number of hydrogen-bond donors (Lipinski definition) is 3. The molecule has 2 aromatic heterocycles. The van der Waals surface area contributed by atoms with E-state index in [4.69, 9.17) is 9.72 Å². The number of carbonyl (C=O) groups is 1. The highest BCUT2D eigenvalue weighted by Gasteiger charge is 2.22. The molecule has 0 aliphatic carbocycles. The van der Waals surface area contributed by atoms with Gasteiger partial charge in [0.1, 0.15) is 42.0 Å². The summed E-state index contributed by atoms with van der Waals surface area (Å²) in [4.78, 5) is 27.0. The largest absolute Gasteiger partial charge is 0.480 e. The number of rotatable bonds is 15. The van der Waals surface area contributed by atoms with Crippen molar-refractivity contribution in [2.24, 2.45) is 0 Å². The van der Waals surface area contributed by atoms with E-state index in [9.17, 15) is 18.7 Å². The molecule has 210 valence electrons. The number of nitrogens with zero attached hydrogens (tertiary/aromatic N) is 4. The Morgan fingerprint density at radius 1 is 1.23 bits per heavy atom. The van der Waals surface area contributed by atoms with Crippen LogP contribution in [0.1, 0.15) is 36.9 Å². The van der Waals surface area contributed by atoms with Crippen molar-refractivity contribution in [1.82, 2.24) is 19.9 Å². The fourth-order valence-corrected chi connectivity index (χ4v) is 4.82. The van der Waals surface area contributed by atoms with E-state index in [1.54, 1.807) is 6.07 Å². The van der Waals surface area contributed by atoms with Crippen LogP contribution >= 0.6 is 0 Å². The van der Waals surface area contributed by atoms with Gasteiger partial charge in [-0.3, -0.25) is 0 Å². The Balaban J connectivity index is 1.35. The van der Waals surface area contributed by atoms with Gasteiger partial charge >= 0.3 is 5.97 Å². The van der Waals surface area contributed by atoms with E-state index in [0.717, 1.165) is 50.2 Å². The third kappa shape index (κ3) is 7.79. The zero-order valence-corrected chi connectivity index (χ0v) is 22.2. The van der Waals surface area contributed by atoms with Crippen molar-refractivity contribution in [3.05, 3.63) is 53.7 Å². The maximum Gasteiger partial charge on any atom is 0.326 e. The lowest BCUT2D eigenvalue weighted by Gasteiger charge is -2.27. The molecule has 0 fully saturated rings. The summed E-state index contributed by atoms with van der Waals surface area (Å²) >= 11 is 0. The van der Waals surface area contributed by atoms with Crippen molar-refractivity contribution in [2.45, 2.75) is 50.7 Å². The molecule has 1 aromatic carbocycles. The molecule has 11 heteroatoms. The van der Waals surface area contributed by atoms with Gasteiger partial charge in [0.25, 0.3) is 0 Å². The molecule has 0 saturated carbocycles. The molecule has 0 radical (unpaired) electrons. The van der Waals surface area contributed by atoms with E-state index in [2.05, 4.69) is 32.7 Å². The van der Waals surface area contributed by atoms with E-state index in [-0.39, 0.29) is 17.8 Å². The molecule has 3 aromatic rings. The quantitative estimate of drug-likeness (QED) is 0.245. The molecular weight excluding hydrogens is 506 g/mol. The van der Waals surface area contributed by atoms with Crippen LogP contribution in [0.2, 0.25) is 0 Å². The summed E-state index contributed by atoms with van der Waals surface area (Å²) in [6, 6.07) is 7.72. The molecule has 1 aliphatic rings. The zero-order valence-electron chi connectivity index (χ0n) is 22.2. The van der Waals surface area contributed by atoms with E-state index in [1.165, 1.54) is 31.1 Å². The van der Waals surface area contributed by atoms with E-state index < -0.39 is 30.6 Å². The molecule has 0 bridgehead atoms. The van der Waals surface area contributed by atoms with Crippen molar-refractivity contribution < 1.29 is 23.4 Å². The van der Waals surface area contributed by atoms with Crippen molar-refractivity contribution >= 4 is 28.5 Å². The number of carboxylic acids is 1. The van der Waals surface area contributed by atoms with Crippen molar-refractivity contribution in [3.63, 3.8) is 0 Å². The highest BCUT2D eigenvalue weighted by atomic mass is 19.1. The first-order chi connectivity index (χ1) is 19.0. The summed E-state index contributed by atoms with van der Waals surface area (Å²) in [6.07, 6.45) is 5.59. The van der Waals surface area contributed by atoms with Gasteiger partial charge in [0.05, 0.1) is 6.10 Å². The minimum absolute atomic E-state index is 0.121. The monoisotopic (exact) mass is 542 g/mol. The third-order valence-electron chi connectivity index (χ3n) is 7.03. The standard InChI is InChI=1S/C28H36F2N6O3/c1-39-21(16-29)17-36(14-3-2-7-20-11-10-19-6-5-13-31-26(19)34-20)15-12-24(28(37)38)35-27-22-8-4-9-23(30)25(22)32-18-33-27/h4,8-11,18,21,24H,2-3,5-7,12-17H2,1H3,(H,31,34)(H,37,38)(H,32,33,35)/t21-,24+/m1/s1. The first kappa shape index (κ1) is 28.6. The Bertz CT molecular complexity index is 1240. The van der Waals surface area contributed by atoms with Crippen LogP contribution in [0.5, 0.6) is 0 Å². The normalized spacial score (nSPS) is 14.6. The summed E-state index contributed by atoms with van der Waals surface area (Å²) < 4.78 is 32.8. The number of methoxy groups -OCH3 is 1. The Labute approximate surface area is 227 Å². The molecule has 3 heterocycles. The Morgan fingerprint density at radius 2 is 2.10 bits per heavy atom. The highest BCUT2D eigenvalue weighted by molar-refractivity contribution is 5.91. The van der Waals surface area contributed by atoms with Gasteiger partial charge in [0.2, 0.25) is 0 Å². The first-order valence-electron chi connectivity index (χ1n) is 13.4. The molecule has 0 spiro atoms. The van der Waals surface area contributed by atoms with Crippen LogP contribution in [-0.4, -0.2) is 83.0 Å². The van der Waals surface area contributed by atoms with Crippen LogP contribution in [-0.2, 0) is 22.4 Å². The molecule has 39 heavy (non-hydrogen) atoms. The molecule has 3 N–H and O–H groups in total.